The predicted molar refractivity (Wildman–Crippen MR) is 109 cm³/mol. The molecule has 0 spiro atoms. The molecule has 0 aliphatic rings. The summed E-state index contributed by atoms with van der Waals surface area (Å²) in [4.78, 5) is 35.6. The van der Waals surface area contributed by atoms with E-state index >= 15 is 0 Å². The number of ether oxygens (including phenoxy) is 1. The lowest BCUT2D eigenvalue weighted by Crippen LogP contribution is -2.17. The minimum Gasteiger partial charge on any atom is -0.466 e. The van der Waals surface area contributed by atoms with Gasteiger partial charge < -0.3 is 9.84 Å². The van der Waals surface area contributed by atoms with Gasteiger partial charge in [0.15, 0.2) is 6.29 Å². The van der Waals surface area contributed by atoms with Gasteiger partial charge in [-0.1, -0.05) is 47.6 Å². The molecule has 28 heavy (non-hydrogen) atoms. The molecule has 0 aliphatic heterocycles. The van der Waals surface area contributed by atoms with Crippen LogP contribution in [0.2, 0.25) is 0 Å². The van der Waals surface area contributed by atoms with E-state index in [2.05, 4.69) is 4.74 Å². The molecule has 6 nitrogen and oxygen atoms in total. The summed E-state index contributed by atoms with van der Waals surface area (Å²) in [6.45, 7) is 12.2. The second kappa shape index (κ2) is 7.26. The Balaban J connectivity index is 3.09. The van der Waals surface area contributed by atoms with Gasteiger partial charge in [0.2, 0.25) is 0 Å². The number of carbonyl (C=O) groups excluding carboxylic acids is 2. The van der Waals surface area contributed by atoms with Crippen LogP contribution in [0.15, 0.2) is 18.2 Å². The molecule has 1 N–H and O–H groups in total. The van der Waals surface area contributed by atoms with Gasteiger partial charge in [-0.25, -0.2) is 14.2 Å². The molecule has 1 heterocycles. The number of esters is 1. The highest BCUT2D eigenvalue weighted by atomic mass is 16.5. The van der Waals surface area contributed by atoms with Gasteiger partial charge in [0.25, 0.3) is 0 Å². The van der Waals surface area contributed by atoms with Crippen LogP contribution in [0.5, 0.6) is 0 Å². The highest BCUT2D eigenvalue weighted by molar-refractivity contribution is 6.08. The van der Waals surface area contributed by atoms with E-state index in [1.165, 1.54) is 13.2 Å². The summed E-state index contributed by atoms with van der Waals surface area (Å²) in [6.07, 6.45) is 1.84. The van der Waals surface area contributed by atoms with Crippen LogP contribution in [0.4, 0.5) is 4.79 Å². The summed E-state index contributed by atoms with van der Waals surface area (Å²) in [7, 11) is 1.23. The molecule has 0 radical (unpaired) electrons. The number of carbonyl (C=O) groups is 3. The monoisotopic (exact) mass is 385 g/mol. The Morgan fingerprint density at radius 1 is 1.07 bits per heavy atom. The minimum atomic E-state index is -1.23. The maximum absolute atomic E-state index is 12.1. The van der Waals surface area contributed by atoms with Crippen molar-refractivity contribution >= 4 is 35.3 Å². The molecular weight excluding hydrogens is 358 g/mol. The summed E-state index contributed by atoms with van der Waals surface area (Å²) in [6, 6.07) is 3.84. The van der Waals surface area contributed by atoms with Crippen molar-refractivity contribution in [3.63, 3.8) is 0 Å². The molecule has 0 bridgehead atoms. The molecule has 0 saturated heterocycles. The molecular formula is C22H27NO5. The molecule has 2 rings (SSSR count). The third-order valence-corrected chi connectivity index (χ3v) is 4.71. The Morgan fingerprint density at radius 3 is 2.11 bits per heavy atom. The van der Waals surface area contributed by atoms with E-state index in [1.807, 2.05) is 47.6 Å². The third-order valence-electron chi connectivity index (χ3n) is 4.71. The number of fused-ring (bicyclic) bond motifs is 1. The molecule has 1 aromatic heterocycles. The van der Waals surface area contributed by atoms with Gasteiger partial charge >= 0.3 is 12.1 Å². The summed E-state index contributed by atoms with van der Waals surface area (Å²) in [5.74, 6) is -0.634. The Morgan fingerprint density at radius 2 is 1.68 bits per heavy atom. The van der Waals surface area contributed by atoms with Crippen LogP contribution >= 0.6 is 0 Å². The van der Waals surface area contributed by atoms with Crippen molar-refractivity contribution in [2.75, 3.05) is 7.11 Å². The summed E-state index contributed by atoms with van der Waals surface area (Å²) < 4.78 is 5.65. The van der Waals surface area contributed by atoms with E-state index in [0.717, 1.165) is 21.8 Å². The smallest absolute Gasteiger partial charge is 0.416 e. The molecule has 150 valence electrons. The Labute approximate surface area is 164 Å². The number of rotatable bonds is 3. The van der Waals surface area contributed by atoms with Gasteiger partial charge in [-0.3, -0.25) is 4.79 Å². The highest BCUT2D eigenvalue weighted by Crippen LogP contribution is 2.39. The van der Waals surface area contributed by atoms with Crippen LogP contribution in [0, 0.1) is 0 Å². The van der Waals surface area contributed by atoms with Gasteiger partial charge in [-0.2, -0.15) is 0 Å². The van der Waals surface area contributed by atoms with Gasteiger partial charge in [0.1, 0.15) is 0 Å². The number of hydrogen-bond acceptors (Lipinski definition) is 4. The van der Waals surface area contributed by atoms with Gasteiger partial charge in [-0.15, -0.1) is 0 Å². The quantitative estimate of drug-likeness (QED) is 0.468. The fourth-order valence-electron chi connectivity index (χ4n) is 3.19. The number of methoxy groups -OCH3 is 1. The van der Waals surface area contributed by atoms with Crippen LogP contribution in [0.25, 0.3) is 17.0 Å². The zero-order valence-electron chi connectivity index (χ0n) is 17.4. The van der Waals surface area contributed by atoms with Crippen molar-refractivity contribution in [2.24, 2.45) is 0 Å². The largest absolute Gasteiger partial charge is 0.466 e. The van der Waals surface area contributed by atoms with Crippen molar-refractivity contribution < 1.29 is 24.2 Å². The second-order valence-electron chi connectivity index (χ2n) is 8.81. The number of hydrogen-bond donors (Lipinski definition) is 1. The topological polar surface area (TPSA) is 85.6 Å². The number of carboxylic acid groups (broad SMARTS) is 1. The molecule has 0 saturated carbocycles. The molecule has 0 atom stereocenters. The number of aldehydes is 1. The van der Waals surface area contributed by atoms with E-state index in [1.54, 1.807) is 6.07 Å². The third kappa shape index (κ3) is 3.86. The van der Waals surface area contributed by atoms with E-state index in [0.29, 0.717) is 17.2 Å². The molecule has 0 aliphatic carbocycles. The molecule has 2 aromatic rings. The number of aromatic nitrogens is 1. The van der Waals surface area contributed by atoms with Crippen molar-refractivity contribution in [1.82, 2.24) is 4.57 Å². The summed E-state index contributed by atoms with van der Waals surface area (Å²) >= 11 is 0. The fourth-order valence-corrected chi connectivity index (χ4v) is 3.19. The predicted octanol–water partition coefficient (Wildman–Crippen LogP) is 4.76. The van der Waals surface area contributed by atoms with E-state index in [9.17, 15) is 19.5 Å². The maximum atomic E-state index is 12.1. The number of nitrogens with zero attached hydrogens (tertiary/aromatic N) is 1. The van der Waals surface area contributed by atoms with Crippen LogP contribution in [0.3, 0.4) is 0 Å². The summed E-state index contributed by atoms with van der Waals surface area (Å²) in [5.41, 5.74) is 2.10. The SMILES string of the molecule is COC(=O)C=Cc1c(C=O)c2c(C(C)(C)C)cc(C(C)(C)C)cc2n1C(=O)O. The van der Waals surface area contributed by atoms with Crippen molar-refractivity contribution in [2.45, 2.75) is 52.4 Å². The normalized spacial score (nSPS) is 12.5. The Kier molecular flexibility index (Phi) is 5.55. The van der Waals surface area contributed by atoms with Gasteiger partial charge in [0.05, 0.1) is 18.3 Å². The molecule has 0 unspecified atom stereocenters. The standard InChI is InChI=1S/C22H27NO5/c1-21(2,3)13-10-15(22(4,5)6)19-14(12-24)16(8-9-18(25)28-7)23(20(26)27)17(19)11-13/h8-12H,1-7H3,(H,26,27). The van der Waals surface area contributed by atoms with Crippen molar-refractivity contribution in [3.8, 4) is 0 Å². The average Bonchev–Trinajstić information content (AvgIpc) is 2.90. The molecule has 6 heteroatoms. The molecule has 0 amide bonds. The number of benzene rings is 1. The van der Waals surface area contributed by atoms with E-state index in [4.69, 9.17) is 0 Å². The second-order valence-corrected chi connectivity index (χ2v) is 8.81. The first kappa shape index (κ1) is 21.4. The van der Waals surface area contributed by atoms with E-state index < -0.39 is 12.1 Å². The van der Waals surface area contributed by atoms with Crippen molar-refractivity contribution in [3.05, 3.63) is 40.6 Å². The Bertz CT molecular complexity index is 981. The van der Waals surface area contributed by atoms with Gasteiger partial charge in [-0.05, 0) is 34.1 Å². The minimum absolute atomic E-state index is 0.138. The lowest BCUT2D eigenvalue weighted by molar-refractivity contribution is -0.134. The van der Waals surface area contributed by atoms with Crippen LogP contribution < -0.4 is 0 Å². The first-order chi connectivity index (χ1) is 12.8. The lowest BCUT2D eigenvalue weighted by Gasteiger charge is -2.26. The molecule has 0 fully saturated rings. The van der Waals surface area contributed by atoms with Crippen LogP contribution in [-0.4, -0.2) is 35.1 Å². The van der Waals surface area contributed by atoms with Gasteiger partial charge in [0, 0.05) is 17.0 Å². The Hall–Kier alpha value is -2.89. The van der Waals surface area contributed by atoms with Crippen LogP contribution in [-0.2, 0) is 20.4 Å². The van der Waals surface area contributed by atoms with Crippen LogP contribution in [0.1, 0.15) is 68.7 Å². The zero-order chi connectivity index (χ0) is 21.4. The lowest BCUT2D eigenvalue weighted by atomic mass is 9.78. The van der Waals surface area contributed by atoms with E-state index in [-0.39, 0.29) is 22.1 Å². The maximum Gasteiger partial charge on any atom is 0.416 e. The first-order valence-corrected chi connectivity index (χ1v) is 9.00. The fraction of sp³-hybridized carbons (Fsp3) is 0.409. The summed E-state index contributed by atoms with van der Waals surface area (Å²) in [5, 5.41) is 10.5. The first-order valence-electron chi connectivity index (χ1n) is 9.00. The zero-order valence-corrected chi connectivity index (χ0v) is 17.4. The average molecular weight is 385 g/mol. The molecule has 1 aromatic carbocycles. The van der Waals surface area contributed by atoms with Crippen molar-refractivity contribution in [1.29, 1.82) is 0 Å². The highest BCUT2D eigenvalue weighted by Gasteiger charge is 2.29.